The average Bonchev–Trinajstić information content (AvgIpc) is 3.04. The van der Waals surface area contributed by atoms with Gasteiger partial charge in [-0.25, -0.2) is 4.68 Å². The average molecular weight is 302 g/mol. The zero-order valence-electron chi connectivity index (χ0n) is 12.2. The van der Waals surface area contributed by atoms with Crippen molar-refractivity contribution in [3.8, 4) is 5.69 Å². The summed E-state index contributed by atoms with van der Waals surface area (Å²) in [7, 11) is 0. The van der Waals surface area contributed by atoms with Gasteiger partial charge in [0.2, 0.25) is 0 Å². The van der Waals surface area contributed by atoms with Crippen LogP contribution in [0.3, 0.4) is 0 Å². The molecule has 1 aliphatic carbocycles. The first kappa shape index (κ1) is 14.6. The molecule has 1 heterocycles. The molecule has 21 heavy (non-hydrogen) atoms. The fraction of sp³-hybridized carbons (Fsp3) is 0.500. The van der Waals surface area contributed by atoms with Crippen molar-refractivity contribution in [1.29, 1.82) is 0 Å². The normalized spacial score (nSPS) is 17.8. The topological polar surface area (TPSA) is 56.7 Å². The zero-order chi connectivity index (χ0) is 14.5. The summed E-state index contributed by atoms with van der Waals surface area (Å²) in [5, 5.41) is 9.00. The van der Waals surface area contributed by atoms with E-state index in [-0.39, 0.29) is 6.04 Å². The minimum atomic E-state index is -0.0212. The quantitative estimate of drug-likeness (QED) is 0.920. The molecule has 5 heteroatoms. The van der Waals surface area contributed by atoms with E-state index in [1.807, 2.05) is 46.8 Å². The van der Waals surface area contributed by atoms with Crippen molar-refractivity contribution in [3.05, 3.63) is 42.2 Å². The van der Waals surface area contributed by atoms with E-state index in [1.165, 1.54) is 32.1 Å². The van der Waals surface area contributed by atoms with Crippen molar-refractivity contribution in [2.75, 3.05) is 5.75 Å². The highest BCUT2D eigenvalue weighted by Gasteiger charge is 2.18. The number of nitrogens with two attached hydrogens (primary N) is 1. The Labute approximate surface area is 130 Å². The summed E-state index contributed by atoms with van der Waals surface area (Å²) >= 11 is 2.01. The van der Waals surface area contributed by atoms with Crippen LogP contribution in [-0.2, 0) is 0 Å². The molecule has 3 rings (SSSR count). The van der Waals surface area contributed by atoms with Gasteiger partial charge in [-0.3, -0.25) is 0 Å². The van der Waals surface area contributed by atoms with E-state index in [4.69, 9.17) is 5.73 Å². The van der Waals surface area contributed by atoms with Crippen LogP contribution in [0.4, 0.5) is 0 Å². The van der Waals surface area contributed by atoms with Gasteiger partial charge >= 0.3 is 0 Å². The largest absolute Gasteiger partial charge is 0.322 e. The molecule has 112 valence electrons. The molecule has 0 amide bonds. The van der Waals surface area contributed by atoms with Crippen molar-refractivity contribution < 1.29 is 0 Å². The van der Waals surface area contributed by atoms with E-state index >= 15 is 0 Å². The third-order valence-corrected chi connectivity index (χ3v) is 5.51. The second-order valence-corrected chi connectivity index (χ2v) is 6.94. The summed E-state index contributed by atoms with van der Waals surface area (Å²) in [6, 6.07) is 10.0. The lowest BCUT2D eigenvalue weighted by Crippen LogP contribution is -2.20. The molecular formula is C16H22N4S. The summed E-state index contributed by atoms with van der Waals surface area (Å²) < 4.78 is 1.85. The van der Waals surface area contributed by atoms with Crippen LogP contribution in [0.5, 0.6) is 0 Å². The van der Waals surface area contributed by atoms with Crippen LogP contribution in [0.1, 0.15) is 43.8 Å². The highest BCUT2D eigenvalue weighted by atomic mass is 32.2. The maximum absolute atomic E-state index is 6.37. The second-order valence-electron chi connectivity index (χ2n) is 5.61. The van der Waals surface area contributed by atoms with Gasteiger partial charge in [0.15, 0.2) is 0 Å². The van der Waals surface area contributed by atoms with Crippen molar-refractivity contribution in [1.82, 2.24) is 15.0 Å². The van der Waals surface area contributed by atoms with Gasteiger partial charge in [-0.2, -0.15) is 11.8 Å². The van der Waals surface area contributed by atoms with E-state index in [0.29, 0.717) is 0 Å². The lowest BCUT2D eigenvalue weighted by atomic mass is 10.0. The van der Waals surface area contributed by atoms with E-state index < -0.39 is 0 Å². The summed E-state index contributed by atoms with van der Waals surface area (Å²) in [5.74, 6) is 0.935. The number of benzene rings is 1. The molecule has 1 saturated carbocycles. The van der Waals surface area contributed by atoms with Crippen LogP contribution < -0.4 is 5.73 Å². The number of aromatic nitrogens is 3. The molecule has 1 aromatic carbocycles. The lowest BCUT2D eigenvalue weighted by Gasteiger charge is -2.22. The summed E-state index contributed by atoms with van der Waals surface area (Å²) in [6.45, 7) is 0. The number of thioether (sulfide) groups is 1. The van der Waals surface area contributed by atoms with E-state index in [9.17, 15) is 0 Å². The van der Waals surface area contributed by atoms with Gasteiger partial charge < -0.3 is 5.73 Å². The molecule has 1 aromatic heterocycles. The van der Waals surface area contributed by atoms with Gasteiger partial charge in [0.05, 0.1) is 23.6 Å². The molecule has 0 bridgehead atoms. The Kier molecular flexibility index (Phi) is 4.93. The van der Waals surface area contributed by atoms with Gasteiger partial charge in [-0.1, -0.05) is 42.7 Å². The number of nitrogens with zero attached hydrogens (tertiary/aromatic N) is 3. The van der Waals surface area contributed by atoms with Crippen molar-refractivity contribution >= 4 is 11.8 Å². The smallest absolute Gasteiger partial charge is 0.0821 e. The van der Waals surface area contributed by atoms with Gasteiger partial charge in [-0.05, 0) is 25.0 Å². The molecule has 1 atom stereocenters. The molecule has 1 unspecified atom stereocenters. The van der Waals surface area contributed by atoms with Crippen molar-refractivity contribution in [3.63, 3.8) is 0 Å². The van der Waals surface area contributed by atoms with Crippen LogP contribution in [0.2, 0.25) is 0 Å². The van der Waals surface area contributed by atoms with Crippen LogP contribution in [0.15, 0.2) is 36.5 Å². The minimum Gasteiger partial charge on any atom is -0.322 e. The Morgan fingerprint density at radius 1 is 1.19 bits per heavy atom. The Balaban J connectivity index is 1.65. The SMILES string of the molecule is NC(CSC1CCCCC1)c1cnnn1-c1ccccc1. The zero-order valence-corrected chi connectivity index (χ0v) is 13.0. The summed E-state index contributed by atoms with van der Waals surface area (Å²) in [5.41, 5.74) is 8.38. The standard InChI is InChI=1S/C16H22N4S/c17-15(12-21-14-9-5-2-6-10-14)16-11-18-19-20(16)13-7-3-1-4-8-13/h1,3-4,7-8,11,14-15H,2,5-6,9-10,12,17H2. The molecule has 0 aliphatic heterocycles. The Morgan fingerprint density at radius 3 is 2.71 bits per heavy atom. The van der Waals surface area contributed by atoms with Gasteiger partial charge in [0, 0.05) is 11.0 Å². The van der Waals surface area contributed by atoms with E-state index in [2.05, 4.69) is 10.3 Å². The van der Waals surface area contributed by atoms with E-state index in [0.717, 1.165) is 22.4 Å². The first-order valence-electron chi connectivity index (χ1n) is 7.68. The fourth-order valence-electron chi connectivity index (χ4n) is 2.82. The maximum atomic E-state index is 6.37. The molecule has 0 radical (unpaired) electrons. The van der Waals surface area contributed by atoms with Gasteiger partial charge in [-0.15, -0.1) is 5.10 Å². The molecule has 2 aromatic rings. The highest BCUT2D eigenvalue weighted by molar-refractivity contribution is 7.99. The predicted molar refractivity (Wildman–Crippen MR) is 87.6 cm³/mol. The van der Waals surface area contributed by atoms with Crippen molar-refractivity contribution in [2.24, 2.45) is 5.73 Å². The molecular weight excluding hydrogens is 280 g/mol. The molecule has 4 nitrogen and oxygen atoms in total. The van der Waals surface area contributed by atoms with Crippen LogP contribution >= 0.6 is 11.8 Å². The molecule has 0 saturated heterocycles. The Hall–Kier alpha value is -1.33. The first-order chi connectivity index (χ1) is 10.3. The van der Waals surface area contributed by atoms with Gasteiger partial charge in [0.25, 0.3) is 0 Å². The predicted octanol–water partition coefficient (Wildman–Crippen LogP) is 3.33. The van der Waals surface area contributed by atoms with Crippen LogP contribution in [-0.4, -0.2) is 26.0 Å². The van der Waals surface area contributed by atoms with Crippen LogP contribution in [0, 0.1) is 0 Å². The van der Waals surface area contributed by atoms with Crippen molar-refractivity contribution in [2.45, 2.75) is 43.4 Å². The number of para-hydroxylation sites is 1. The molecule has 1 fully saturated rings. The highest BCUT2D eigenvalue weighted by Crippen LogP contribution is 2.30. The van der Waals surface area contributed by atoms with E-state index in [1.54, 1.807) is 6.20 Å². The Morgan fingerprint density at radius 2 is 1.95 bits per heavy atom. The fourth-order valence-corrected chi connectivity index (χ4v) is 4.14. The molecule has 1 aliphatic rings. The molecule has 2 N–H and O–H groups in total. The number of rotatable bonds is 5. The third-order valence-electron chi connectivity index (χ3n) is 4.02. The van der Waals surface area contributed by atoms with Crippen LogP contribution in [0.25, 0.3) is 5.69 Å². The summed E-state index contributed by atoms with van der Waals surface area (Å²) in [6.07, 6.45) is 8.61. The number of hydrogen-bond acceptors (Lipinski definition) is 4. The number of hydrogen-bond donors (Lipinski definition) is 1. The third kappa shape index (κ3) is 3.66. The summed E-state index contributed by atoms with van der Waals surface area (Å²) in [4.78, 5) is 0. The Bertz CT molecular complexity index is 548. The maximum Gasteiger partial charge on any atom is 0.0821 e. The monoisotopic (exact) mass is 302 g/mol. The first-order valence-corrected chi connectivity index (χ1v) is 8.72. The molecule has 0 spiro atoms. The van der Waals surface area contributed by atoms with Gasteiger partial charge in [0.1, 0.15) is 0 Å². The lowest BCUT2D eigenvalue weighted by molar-refractivity contribution is 0.515. The second kappa shape index (κ2) is 7.09. The minimum absolute atomic E-state index is 0.0212.